The highest BCUT2D eigenvalue weighted by Gasteiger charge is 2.12. The molecule has 5 heteroatoms. The largest absolute Gasteiger partial charge is 0.298 e. The van der Waals surface area contributed by atoms with E-state index in [-0.39, 0.29) is 23.0 Å². The summed E-state index contributed by atoms with van der Waals surface area (Å²) in [6, 6.07) is 13.1. The van der Waals surface area contributed by atoms with Gasteiger partial charge in [0.15, 0.2) is 0 Å². The quantitative estimate of drug-likeness (QED) is 0.848. The summed E-state index contributed by atoms with van der Waals surface area (Å²) in [4.78, 5) is 12.2. The van der Waals surface area contributed by atoms with Crippen molar-refractivity contribution in [1.29, 1.82) is 0 Å². The Balaban J connectivity index is 2.00. The molecular weight excluding hydrogens is 299 g/mol. The third kappa shape index (κ3) is 3.99. The minimum Gasteiger partial charge on any atom is -0.298 e. The molecule has 0 amide bonds. The predicted molar refractivity (Wildman–Crippen MR) is 77.8 cm³/mol. The van der Waals surface area contributed by atoms with Crippen LogP contribution in [0.4, 0.5) is 4.39 Å². The van der Waals surface area contributed by atoms with Gasteiger partial charge in [-0.3, -0.25) is 9.00 Å². The van der Waals surface area contributed by atoms with Crippen LogP contribution in [-0.2, 0) is 22.0 Å². The highest BCUT2D eigenvalue weighted by atomic mass is 35.5. The van der Waals surface area contributed by atoms with Gasteiger partial charge in [0.1, 0.15) is 11.6 Å². The molecule has 0 N–H and O–H groups in total. The summed E-state index contributed by atoms with van der Waals surface area (Å²) in [6.45, 7) is 0. The summed E-state index contributed by atoms with van der Waals surface area (Å²) < 4.78 is 25.0. The van der Waals surface area contributed by atoms with Crippen LogP contribution in [0.3, 0.4) is 0 Å². The van der Waals surface area contributed by atoms with Crippen molar-refractivity contribution >= 4 is 28.2 Å². The third-order valence-electron chi connectivity index (χ3n) is 2.69. The maximum absolute atomic E-state index is 13.0. The average Bonchev–Trinajstić information content (AvgIpc) is 2.42. The lowest BCUT2D eigenvalue weighted by molar-refractivity contribution is -0.116. The average molecular weight is 311 g/mol. The van der Waals surface area contributed by atoms with Crippen molar-refractivity contribution in [3.05, 3.63) is 64.9 Å². The van der Waals surface area contributed by atoms with Crippen LogP contribution in [0.5, 0.6) is 0 Å². The molecule has 0 spiro atoms. The molecule has 0 fully saturated rings. The molecular formula is C15H12ClFO2S. The molecule has 0 aliphatic carbocycles. The number of halogens is 2. The minimum atomic E-state index is -1.51. The highest BCUT2D eigenvalue weighted by molar-refractivity contribution is 7.85. The first kappa shape index (κ1) is 14.9. The summed E-state index contributed by atoms with van der Waals surface area (Å²) >= 11 is 5.63. The van der Waals surface area contributed by atoms with Gasteiger partial charge >= 0.3 is 0 Å². The van der Waals surface area contributed by atoms with Gasteiger partial charge in [0.2, 0.25) is 0 Å². The second kappa shape index (κ2) is 6.77. The number of carbonyl (C=O) groups is 1. The van der Waals surface area contributed by atoms with Crippen molar-refractivity contribution in [2.45, 2.75) is 11.3 Å². The zero-order chi connectivity index (χ0) is 14.5. The third-order valence-corrected chi connectivity index (χ3v) is 4.34. The first-order valence-electron chi connectivity index (χ1n) is 5.95. The predicted octanol–water partition coefficient (Wildman–Crippen LogP) is 3.40. The fourth-order valence-corrected chi connectivity index (χ4v) is 3.00. The van der Waals surface area contributed by atoms with Crippen LogP contribution in [0, 0.1) is 5.82 Å². The minimum absolute atomic E-state index is 0.0913. The van der Waals surface area contributed by atoms with E-state index in [2.05, 4.69) is 0 Å². The van der Waals surface area contributed by atoms with Crippen LogP contribution in [0.2, 0.25) is 5.02 Å². The zero-order valence-corrected chi connectivity index (χ0v) is 12.1. The Hall–Kier alpha value is -1.52. The molecule has 0 radical (unpaired) electrons. The molecule has 2 aromatic carbocycles. The van der Waals surface area contributed by atoms with E-state index in [0.717, 1.165) is 11.6 Å². The van der Waals surface area contributed by atoms with Crippen molar-refractivity contribution in [2.75, 3.05) is 5.75 Å². The molecule has 0 heterocycles. The topological polar surface area (TPSA) is 34.1 Å². The Kier molecular flexibility index (Phi) is 5.04. The molecule has 0 saturated heterocycles. The maximum Gasteiger partial charge on any atom is 0.150 e. The molecule has 1 atom stereocenters. The van der Waals surface area contributed by atoms with E-state index < -0.39 is 16.6 Å². The Morgan fingerprint density at radius 1 is 1.15 bits per heavy atom. The van der Waals surface area contributed by atoms with Crippen molar-refractivity contribution in [3.8, 4) is 0 Å². The molecule has 1 unspecified atom stereocenters. The molecule has 2 aromatic rings. The van der Waals surface area contributed by atoms with Gasteiger partial charge in [0.25, 0.3) is 0 Å². The lowest BCUT2D eigenvalue weighted by Crippen LogP contribution is -2.13. The van der Waals surface area contributed by atoms with E-state index in [1.54, 1.807) is 0 Å². The van der Waals surface area contributed by atoms with Gasteiger partial charge in [0.05, 0.1) is 21.6 Å². The van der Waals surface area contributed by atoms with Crippen molar-refractivity contribution < 1.29 is 13.4 Å². The van der Waals surface area contributed by atoms with Crippen LogP contribution in [0.1, 0.15) is 5.56 Å². The summed E-state index contributed by atoms with van der Waals surface area (Å²) in [7, 11) is -1.51. The molecule has 0 bridgehead atoms. The number of hydrogen-bond acceptors (Lipinski definition) is 2. The smallest absolute Gasteiger partial charge is 0.150 e. The van der Waals surface area contributed by atoms with Crippen LogP contribution >= 0.6 is 11.6 Å². The van der Waals surface area contributed by atoms with Crippen LogP contribution in [0.25, 0.3) is 0 Å². The fourth-order valence-electron chi connectivity index (χ4n) is 1.72. The number of Topliss-reactive ketones (excluding diaryl/α,β-unsaturated/α-hetero) is 1. The van der Waals surface area contributed by atoms with E-state index in [1.165, 1.54) is 12.1 Å². The number of hydrogen-bond donors (Lipinski definition) is 0. The standard InChI is InChI=1S/C15H12ClFO2S/c16-14-9-13(6-7-15(14)17)20(19)10-12(18)8-11-4-2-1-3-5-11/h1-7,9H,8,10H2. The van der Waals surface area contributed by atoms with E-state index in [0.29, 0.717) is 4.90 Å². The Bertz CT molecular complexity index is 644. The highest BCUT2D eigenvalue weighted by Crippen LogP contribution is 2.18. The number of rotatable bonds is 5. The van der Waals surface area contributed by atoms with Gasteiger partial charge in [-0.25, -0.2) is 4.39 Å². The Morgan fingerprint density at radius 3 is 2.50 bits per heavy atom. The molecule has 0 aromatic heterocycles. The maximum atomic E-state index is 13.0. The summed E-state index contributed by atoms with van der Waals surface area (Å²) in [5.74, 6) is -0.797. The van der Waals surface area contributed by atoms with Gasteiger partial charge in [-0.2, -0.15) is 0 Å². The van der Waals surface area contributed by atoms with Crippen LogP contribution in [0.15, 0.2) is 53.4 Å². The van der Waals surface area contributed by atoms with Gasteiger partial charge in [-0.05, 0) is 23.8 Å². The Morgan fingerprint density at radius 2 is 1.85 bits per heavy atom. The van der Waals surface area contributed by atoms with Crippen LogP contribution < -0.4 is 0 Å². The van der Waals surface area contributed by atoms with Gasteiger partial charge < -0.3 is 0 Å². The first-order valence-corrected chi connectivity index (χ1v) is 7.65. The second-order valence-electron chi connectivity index (χ2n) is 4.27. The lowest BCUT2D eigenvalue weighted by Gasteiger charge is -2.03. The normalized spacial score (nSPS) is 12.1. The van der Waals surface area contributed by atoms with Crippen molar-refractivity contribution in [1.82, 2.24) is 0 Å². The summed E-state index contributed by atoms with van der Waals surface area (Å²) in [5.41, 5.74) is 0.881. The monoisotopic (exact) mass is 310 g/mol. The SMILES string of the molecule is O=C(Cc1ccccc1)CS(=O)c1ccc(F)c(Cl)c1. The van der Waals surface area contributed by atoms with Crippen LogP contribution in [-0.4, -0.2) is 15.7 Å². The zero-order valence-electron chi connectivity index (χ0n) is 10.5. The fraction of sp³-hybridized carbons (Fsp3) is 0.133. The Labute approximate surface area is 124 Å². The van der Waals surface area contributed by atoms with Gasteiger partial charge in [-0.15, -0.1) is 0 Å². The number of benzene rings is 2. The van der Waals surface area contributed by atoms with E-state index >= 15 is 0 Å². The molecule has 0 saturated carbocycles. The second-order valence-corrected chi connectivity index (χ2v) is 6.13. The van der Waals surface area contributed by atoms with Gasteiger partial charge in [0, 0.05) is 11.3 Å². The molecule has 0 aliphatic heterocycles. The summed E-state index contributed by atoms with van der Waals surface area (Å²) in [6.07, 6.45) is 0.238. The molecule has 104 valence electrons. The summed E-state index contributed by atoms with van der Waals surface area (Å²) in [5, 5.41) is -0.0913. The molecule has 20 heavy (non-hydrogen) atoms. The lowest BCUT2D eigenvalue weighted by atomic mass is 10.1. The molecule has 2 rings (SSSR count). The van der Waals surface area contributed by atoms with Crippen molar-refractivity contribution in [2.24, 2.45) is 0 Å². The molecule has 0 aliphatic rings. The van der Waals surface area contributed by atoms with E-state index in [4.69, 9.17) is 11.6 Å². The van der Waals surface area contributed by atoms with Gasteiger partial charge in [-0.1, -0.05) is 41.9 Å². The number of carbonyl (C=O) groups excluding carboxylic acids is 1. The number of ketones is 1. The molecule has 2 nitrogen and oxygen atoms in total. The van der Waals surface area contributed by atoms with Crippen molar-refractivity contribution in [3.63, 3.8) is 0 Å². The van der Waals surface area contributed by atoms with E-state index in [1.807, 2.05) is 30.3 Å². The van der Waals surface area contributed by atoms with E-state index in [9.17, 15) is 13.4 Å². The first-order chi connectivity index (χ1) is 9.56.